The standard InChI is InChI=1S/C16H19ClNO/c1-5-18(6-2)13-7-8-16(17)15(10-13)14-9-11(3)19-12(14)4/h7-8,10H,5-6H2,1-4H3. The van der Waals surface area contributed by atoms with Gasteiger partial charge in [-0.1, -0.05) is 11.6 Å². The summed E-state index contributed by atoms with van der Waals surface area (Å²) in [4.78, 5) is 2.29. The first-order chi connectivity index (χ1) is 9.06. The molecule has 0 aliphatic heterocycles. The summed E-state index contributed by atoms with van der Waals surface area (Å²) >= 11 is 6.32. The number of rotatable bonds is 4. The highest BCUT2D eigenvalue weighted by Crippen LogP contribution is 2.34. The van der Waals surface area contributed by atoms with E-state index in [9.17, 15) is 0 Å². The van der Waals surface area contributed by atoms with Gasteiger partial charge in [-0.3, -0.25) is 0 Å². The smallest absolute Gasteiger partial charge is 0.109 e. The zero-order valence-corrected chi connectivity index (χ0v) is 12.6. The number of benzene rings is 1. The van der Waals surface area contributed by atoms with Gasteiger partial charge in [-0.15, -0.1) is 0 Å². The molecule has 2 rings (SSSR count). The molecule has 0 N–H and O–H groups in total. The lowest BCUT2D eigenvalue weighted by Gasteiger charge is -2.22. The Kier molecular flexibility index (Phi) is 4.20. The van der Waals surface area contributed by atoms with Crippen molar-refractivity contribution in [3.05, 3.63) is 40.8 Å². The van der Waals surface area contributed by atoms with E-state index in [2.05, 4.69) is 36.9 Å². The lowest BCUT2D eigenvalue weighted by molar-refractivity contribution is 0.505. The first-order valence-corrected chi connectivity index (χ1v) is 6.98. The minimum Gasteiger partial charge on any atom is -0.465 e. The van der Waals surface area contributed by atoms with Crippen LogP contribution in [0.3, 0.4) is 0 Å². The molecule has 0 fully saturated rings. The highest BCUT2D eigenvalue weighted by Gasteiger charge is 2.13. The van der Waals surface area contributed by atoms with Crippen molar-refractivity contribution in [3.63, 3.8) is 0 Å². The van der Waals surface area contributed by atoms with Crippen LogP contribution in [0.25, 0.3) is 11.1 Å². The molecule has 19 heavy (non-hydrogen) atoms. The third-order valence-corrected chi connectivity index (χ3v) is 3.64. The fourth-order valence-corrected chi connectivity index (χ4v) is 2.53. The van der Waals surface area contributed by atoms with Gasteiger partial charge in [0.25, 0.3) is 0 Å². The van der Waals surface area contributed by atoms with Crippen molar-refractivity contribution >= 4 is 17.3 Å². The summed E-state index contributed by atoms with van der Waals surface area (Å²) in [5, 5.41) is 0.732. The van der Waals surface area contributed by atoms with Crippen LogP contribution in [0.2, 0.25) is 5.02 Å². The number of nitrogens with zero attached hydrogens (tertiary/aromatic N) is 1. The first-order valence-electron chi connectivity index (χ1n) is 6.61. The van der Waals surface area contributed by atoms with E-state index in [1.165, 1.54) is 5.69 Å². The van der Waals surface area contributed by atoms with Crippen molar-refractivity contribution in [3.8, 4) is 11.1 Å². The van der Waals surface area contributed by atoms with E-state index in [4.69, 9.17) is 16.0 Å². The quantitative estimate of drug-likeness (QED) is 0.793. The molecule has 1 heterocycles. The zero-order chi connectivity index (χ0) is 14.0. The largest absolute Gasteiger partial charge is 0.465 e. The molecule has 1 aromatic carbocycles. The van der Waals surface area contributed by atoms with Crippen LogP contribution in [-0.4, -0.2) is 13.1 Å². The van der Waals surface area contributed by atoms with Crippen LogP contribution in [-0.2, 0) is 0 Å². The molecule has 0 saturated heterocycles. The van der Waals surface area contributed by atoms with E-state index in [1.54, 1.807) is 0 Å². The molecule has 2 aromatic rings. The second kappa shape index (κ2) is 5.70. The van der Waals surface area contributed by atoms with Gasteiger partial charge in [-0.25, -0.2) is 0 Å². The van der Waals surface area contributed by atoms with Gasteiger partial charge in [-0.2, -0.15) is 0 Å². The summed E-state index contributed by atoms with van der Waals surface area (Å²) in [5.74, 6) is 1.65. The number of furan rings is 1. The van der Waals surface area contributed by atoms with E-state index in [-0.39, 0.29) is 0 Å². The maximum atomic E-state index is 6.32. The van der Waals surface area contributed by atoms with E-state index in [0.29, 0.717) is 0 Å². The molecule has 0 aliphatic rings. The molecule has 101 valence electrons. The number of hydrogen-bond acceptors (Lipinski definition) is 2. The average molecular weight is 277 g/mol. The molecule has 2 nitrogen and oxygen atoms in total. The monoisotopic (exact) mass is 276 g/mol. The molecule has 0 spiro atoms. The fraction of sp³-hybridized carbons (Fsp3) is 0.375. The minimum atomic E-state index is 0.732. The molecule has 0 unspecified atom stereocenters. The van der Waals surface area contributed by atoms with Crippen molar-refractivity contribution in [2.75, 3.05) is 18.0 Å². The van der Waals surface area contributed by atoms with Crippen LogP contribution < -0.4 is 4.90 Å². The van der Waals surface area contributed by atoms with Crippen LogP contribution in [0.5, 0.6) is 0 Å². The number of anilines is 1. The normalized spacial score (nSPS) is 10.8. The Hall–Kier alpha value is -1.41. The van der Waals surface area contributed by atoms with Gasteiger partial charge >= 0.3 is 0 Å². The van der Waals surface area contributed by atoms with Crippen LogP contribution in [0.15, 0.2) is 22.6 Å². The van der Waals surface area contributed by atoms with Crippen molar-refractivity contribution in [1.82, 2.24) is 0 Å². The van der Waals surface area contributed by atoms with Crippen molar-refractivity contribution < 1.29 is 4.42 Å². The molecule has 1 radical (unpaired) electrons. The second-order valence-corrected chi connectivity index (χ2v) is 4.96. The highest BCUT2D eigenvalue weighted by atomic mass is 35.5. The Bertz CT molecular complexity index is 570. The molecule has 1 aromatic heterocycles. The Morgan fingerprint density at radius 2 is 1.89 bits per heavy atom. The van der Waals surface area contributed by atoms with E-state index < -0.39 is 0 Å². The van der Waals surface area contributed by atoms with Crippen molar-refractivity contribution in [2.24, 2.45) is 0 Å². The zero-order valence-electron chi connectivity index (χ0n) is 11.9. The summed E-state index contributed by atoms with van der Waals surface area (Å²) in [5.41, 5.74) is 3.12. The molecule has 3 heteroatoms. The third kappa shape index (κ3) is 2.79. The van der Waals surface area contributed by atoms with Gasteiger partial charge in [0.2, 0.25) is 0 Å². The average Bonchev–Trinajstić information content (AvgIpc) is 2.72. The SMILES string of the molecule is CCN(CC)c1ccc(Cl)c(-c2[c]c(C)oc2C)c1. The summed E-state index contributed by atoms with van der Waals surface area (Å²) < 4.78 is 5.55. The summed E-state index contributed by atoms with van der Waals surface area (Å²) in [6.07, 6.45) is 0. The highest BCUT2D eigenvalue weighted by molar-refractivity contribution is 6.33. The third-order valence-electron chi connectivity index (χ3n) is 3.31. The molecule has 0 bridgehead atoms. The number of hydrogen-bond donors (Lipinski definition) is 0. The Labute approximate surface area is 120 Å². The Morgan fingerprint density at radius 3 is 2.42 bits per heavy atom. The molecule has 0 aliphatic carbocycles. The van der Waals surface area contributed by atoms with Gasteiger partial charge in [0.05, 0.1) is 0 Å². The van der Waals surface area contributed by atoms with Gasteiger partial charge in [0, 0.05) is 41.0 Å². The van der Waals surface area contributed by atoms with Crippen LogP contribution >= 0.6 is 11.6 Å². The summed E-state index contributed by atoms with van der Waals surface area (Å²) in [7, 11) is 0. The van der Waals surface area contributed by atoms with Crippen molar-refractivity contribution in [2.45, 2.75) is 27.7 Å². The van der Waals surface area contributed by atoms with Crippen LogP contribution in [0.4, 0.5) is 5.69 Å². The van der Waals surface area contributed by atoms with Crippen molar-refractivity contribution in [1.29, 1.82) is 0 Å². The van der Waals surface area contributed by atoms with Crippen LogP contribution in [0.1, 0.15) is 25.4 Å². The first kappa shape index (κ1) is 14.0. The van der Waals surface area contributed by atoms with E-state index in [0.717, 1.165) is 40.8 Å². The molecule has 0 saturated carbocycles. The Balaban J connectivity index is 2.51. The summed E-state index contributed by atoms with van der Waals surface area (Å²) in [6, 6.07) is 9.35. The number of halogens is 1. The molecule has 0 amide bonds. The molecule has 0 atom stereocenters. The van der Waals surface area contributed by atoms with E-state index in [1.807, 2.05) is 19.9 Å². The van der Waals surface area contributed by atoms with Gasteiger partial charge in [-0.05, 0) is 45.9 Å². The number of aryl methyl sites for hydroxylation is 2. The fourth-order valence-electron chi connectivity index (χ4n) is 2.32. The lowest BCUT2D eigenvalue weighted by Crippen LogP contribution is -2.21. The topological polar surface area (TPSA) is 16.4 Å². The van der Waals surface area contributed by atoms with Crippen LogP contribution in [0, 0.1) is 19.9 Å². The molecular weight excluding hydrogens is 258 g/mol. The summed E-state index contributed by atoms with van der Waals surface area (Å²) in [6.45, 7) is 10.1. The lowest BCUT2D eigenvalue weighted by atomic mass is 10.0. The Morgan fingerprint density at radius 1 is 1.21 bits per heavy atom. The van der Waals surface area contributed by atoms with Gasteiger partial charge in [0.15, 0.2) is 0 Å². The predicted octanol–water partition coefficient (Wildman–Crippen LogP) is 4.86. The second-order valence-electron chi connectivity index (χ2n) is 4.55. The van der Waals surface area contributed by atoms with Gasteiger partial charge < -0.3 is 9.32 Å². The van der Waals surface area contributed by atoms with E-state index >= 15 is 0 Å². The van der Waals surface area contributed by atoms with Gasteiger partial charge in [0.1, 0.15) is 11.5 Å². The maximum Gasteiger partial charge on any atom is 0.109 e. The minimum absolute atomic E-state index is 0.732. The maximum absolute atomic E-state index is 6.32. The molecular formula is C16H19ClNO. The predicted molar refractivity (Wildman–Crippen MR) is 81.0 cm³/mol.